The van der Waals surface area contributed by atoms with Gasteiger partial charge in [-0.3, -0.25) is 4.79 Å². The van der Waals surface area contributed by atoms with Crippen LogP contribution in [0.2, 0.25) is 0 Å². The Morgan fingerprint density at radius 2 is 2.10 bits per heavy atom. The summed E-state index contributed by atoms with van der Waals surface area (Å²) in [5, 5.41) is 3.87. The molecule has 1 aromatic heterocycles. The fraction of sp³-hybridized carbons (Fsp3) is 0.333. The third-order valence-electron chi connectivity index (χ3n) is 3.08. The van der Waals surface area contributed by atoms with Gasteiger partial charge in [-0.15, -0.1) is 0 Å². The van der Waals surface area contributed by atoms with Crippen molar-refractivity contribution in [1.82, 2.24) is 5.16 Å². The number of nitrogens with two attached hydrogens (primary N) is 1. The van der Waals surface area contributed by atoms with E-state index in [2.05, 4.69) is 5.16 Å². The number of nitrogen functional groups attached to an aromatic ring is 1. The molecule has 2 aromatic rings. The molecule has 112 valence electrons. The lowest BCUT2D eigenvalue weighted by atomic mass is 10.2. The van der Waals surface area contributed by atoms with Crippen molar-refractivity contribution in [2.75, 3.05) is 12.3 Å². The number of aromatic nitrogens is 1. The van der Waals surface area contributed by atoms with Gasteiger partial charge < -0.3 is 19.7 Å². The average Bonchev–Trinajstić information content (AvgIpc) is 2.77. The summed E-state index contributed by atoms with van der Waals surface area (Å²) in [4.78, 5) is 10.9. The quantitative estimate of drug-likeness (QED) is 0.650. The van der Waals surface area contributed by atoms with Crippen LogP contribution in [0.25, 0.3) is 0 Å². The summed E-state index contributed by atoms with van der Waals surface area (Å²) in [6, 6.07) is 3.16. The zero-order valence-electron chi connectivity index (χ0n) is 12.3. The number of aldehydes is 1. The minimum atomic E-state index is 0.270. The molecule has 21 heavy (non-hydrogen) atoms. The maximum atomic E-state index is 10.9. The zero-order chi connectivity index (χ0) is 15.4. The summed E-state index contributed by atoms with van der Waals surface area (Å²) < 4.78 is 16.3. The molecular formula is C15H18N2O4. The standard InChI is InChI=1S/C15H18N2O4/c1-4-19-14-6-11(7-18)5-13(16)15(14)20-8-12-9(2)17-21-10(12)3/h5-7H,4,8,16H2,1-3H3. The van der Waals surface area contributed by atoms with Crippen LogP contribution in [-0.4, -0.2) is 18.0 Å². The highest BCUT2D eigenvalue weighted by Gasteiger charge is 2.15. The fourth-order valence-corrected chi connectivity index (χ4v) is 1.98. The monoisotopic (exact) mass is 290 g/mol. The van der Waals surface area contributed by atoms with Gasteiger partial charge in [-0.2, -0.15) is 0 Å². The van der Waals surface area contributed by atoms with Gasteiger partial charge in [-0.05, 0) is 32.9 Å². The minimum Gasteiger partial charge on any atom is -0.490 e. The first-order valence-corrected chi connectivity index (χ1v) is 6.62. The molecule has 6 nitrogen and oxygen atoms in total. The van der Waals surface area contributed by atoms with Gasteiger partial charge in [0.1, 0.15) is 18.7 Å². The molecule has 0 bridgehead atoms. The molecule has 0 aliphatic rings. The second-order valence-electron chi connectivity index (χ2n) is 4.58. The first kappa shape index (κ1) is 14.9. The van der Waals surface area contributed by atoms with Crippen molar-refractivity contribution in [2.45, 2.75) is 27.4 Å². The van der Waals surface area contributed by atoms with Crippen molar-refractivity contribution in [1.29, 1.82) is 0 Å². The lowest BCUT2D eigenvalue weighted by molar-refractivity contribution is 0.112. The van der Waals surface area contributed by atoms with Crippen molar-refractivity contribution < 1.29 is 18.8 Å². The molecule has 0 spiro atoms. The molecule has 1 heterocycles. The van der Waals surface area contributed by atoms with Gasteiger partial charge in [0, 0.05) is 5.56 Å². The van der Waals surface area contributed by atoms with Gasteiger partial charge >= 0.3 is 0 Å². The van der Waals surface area contributed by atoms with Crippen molar-refractivity contribution in [2.24, 2.45) is 0 Å². The number of aryl methyl sites for hydroxylation is 2. The van der Waals surface area contributed by atoms with E-state index < -0.39 is 0 Å². The second kappa shape index (κ2) is 6.30. The summed E-state index contributed by atoms with van der Waals surface area (Å²) in [5.74, 6) is 1.57. The van der Waals surface area contributed by atoms with E-state index in [1.165, 1.54) is 0 Å². The predicted octanol–water partition coefficient (Wildman–Crippen LogP) is 2.66. The molecule has 0 unspecified atom stereocenters. The average molecular weight is 290 g/mol. The Balaban J connectivity index is 2.28. The highest BCUT2D eigenvalue weighted by atomic mass is 16.5. The Kier molecular flexibility index (Phi) is 4.47. The van der Waals surface area contributed by atoms with E-state index in [0.717, 1.165) is 17.5 Å². The molecule has 0 saturated heterocycles. The highest BCUT2D eigenvalue weighted by molar-refractivity contribution is 5.80. The van der Waals surface area contributed by atoms with Crippen LogP contribution in [0.3, 0.4) is 0 Å². The van der Waals surface area contributed by atoms with Gasteiger partial charge in [-0.1, -0.05) is 5.16 Å². The Bertz CT molecular complexity index is 630. The summed E-state index contributed by atoms with van der Waals surface area (Å²) in [5.41, 5.74) is 8.39. The molecule has 0 atom stereocenters. The molecule has 0 aliphatic carbocycles. The topological polar surface area (TPSA) is 87.6 Å². The van der Waals surface area contributed by atoms with Crippen molar-refractivity contribution in [3.8, 4) is 11.5 Å². The largest absolute Gasteiger partial charge is 0.490 e. The normalized spacial score (nSPS) is 10.4. The number of carbonyl (C=O) groups is 1. The van der Waals surface area contributed by atoms with E-state index in [1.807, 2.05) is 20.8 Å². The van der Waals surface area contributed by atoms with Gasteiger partial charge in [0.2, 0.25) is 0 Å². The molecule has 1 aromatic carbocycles. The highest BCUT2D eigenvalue weighted by Crippen LogP contribution is 2.35. The summed E-state index contributed by atoms with van der Waals surface area (Å²) >= 11 is 0. The van der Waals surface area contributed by atoms with Crippen LogP contribution < -0.4 is 15.2 Å². The number of ether oxygens (including phenoxy) is 2. The Labute approximate surface area is 122 Å². The minimum absolute atomic E-state index is 0.270. The fourth-order valence-electron chi connectivity index (χ4n) is 1.98. The summed E-state index contributed by atoms with van der Waals surface area (Å²) in [7, 11) is 0. The third kappa shape index (κ3) is 3.16. The van der Waals surface area contributed by atoms with Crippen LogP contribution in [0.1, 0.15) is 34.3 Å². The molecule has 0 aliphatic heterocycles. The molecule has 6 heteroatoms. The molecule has 2 N–H and O–H groups in total. The number of anilines is 1. The molecular weight excluding hydrogens is 272 g/mol. The van der Waals surface area contributed by atoms with Crippen molar-refractivity contribution in [3.05, 3.63) is 34.7 Å². The zero-order valence-corrected chi connectivity index (χ0v) is 12.3. The van der Waals surface area contributed by atoms with Crippen LogP contribution in [0.5, 0.6) is 11.5 Å². The van der Waals surface area contributed by atoms with E-state index in [4.69, 9.17) is 19.7 Å². The number of benzene rings is 1. The van der Waals surface area contributed by atoms with Gasteiger partial charge in [-0.25, -0.2) is 0 Å². The third-order valence-corrected chi connectivity index (χ3v) is 3.08. The molecule has 0 fully saturated rings. The SMILES string of the molecule is CCOc1cc(C=O)cc(N)c1OCc1c(C)noc1C. The van der Waals surface area contributed by atoms with E-state index in [0.29, 0.717) is 35.1 Å². The molecule has 0 amide bonds. The molecule has 2 rings (SSSR count). The van der Waals surface area contributed by atoms with Crippen LogP contribution in [-0.2, 0) is 6.61 Å². The van der Waals surface area contributed by atoms with Gasteiger partial charge in [0.05, 0.1) is 23.6 Å². The lowest BCUT2D eigenvalue weighted by Crippen LogP contribution is -2.04. The predicted molar refractivity (Wildman–Crippen MR) is 77.7 cm³/mol. The lowest BCUT2D eigenvalue weighted by Gasteiger charge is -2.14. The molecule has 0 radical (unpaired) electrons. The van der Waals surface area contributed by atoms with Crippen LogP contribution >= 0.6 is 0 Å². The maximum Gasteiger partial charge on any atom is 0.184 e. The number of nitrogens with zero attached hydrogens (tertiary/aromatic N) is 1. The maximum absolute atomic E-state index is 10.9. The Morgan fingerprint density at radius 1 is 1.33 bits per heavy atom. The Hall–Kier alpha value is -2.50. The number of rotatable bonds is 6. The van der Waals surface area contributed by atoms with Gasteiger partial charge in [0.15, 0.2) is 11.5 Å². The number of hydrogen-bond donors (Lipinski definition) is 1. The number of hydrogen-bond acceptors (Lipinski definition) is 6. The van der Waals surface area contributed by atoms with Gasteiger partial charge in [0.25, 0.3) is 0 Å². The van der Waals surface area contributed by atoms with Crippen LogP contribution in [0.4, 0.5) is 5.69 Å². The smallest absolute Gasteiger partial charge is 0.184 e. The first-order chi connectivity index (χ1) is 10.1. The van der Waals surface area contributed by atoms with E-state index in [-0.39, 0.29) is 6.61 Å². The molecule has 0 saturated carbocycles. The summed E-state index contributed by atoms with van der Waals surface area (Å²) in [6.07, 6.45) is 0.719. The van der Waals surface area contributed by atoms with E-state index in [1.54, 1.807) is 12.1 Å². The van der Waals surface area contributed by atoms with Crippen molar-refractivity contribution >= 4 is 12.0 Å². The van der Waals surface area contributed by atoms with E-state index >= 15 is 0 Å². The van der Waals surface area contributed by atoms with E-state index in [9.17, 15) is 4.79 Å². The van der Waals surface area contributed by atoms with Crippen molar-refractivity contribution in [3.63, 3.8) is 0 Å². The number of carbonyl (C=O) groups excluding carboxylic acids is 1. The second-order valence-corrected chi connectivity index (χ2v) is 4.58. The Morgan fingerprint density at radius 3 is 2.67 bits per heavy atom. The first-order valence-electron chi connectivity index (χ1n) is 6.62. The summed E-state index contributed by atoms with van der Waals surface area (Å²) in [6.45, 7) is 6.23. The van der Waals surface area contributed by atoms with Crippen LogP contribution in [0.15, 0.2) is 16.7 Å². The van der Waals surface area contributed by atoms with Crippen LogP contribution in [0, 0.1) is 13.8 Å².